The summed E-state index contributed by atoms with van der Waals surface area (Å²) in [5, 5.41) is 2.21. The molecule has 0 aliphatic heterocycles. The summed E-state index contributed by atoms with van der Waals surface area (Å²) in [6.45, 7) is 6.47. The molecule has 0 amide bonds. The Morgan fingerprint density at radius 3 is 2.72 bits per heavy atom. The Hall–Kier alpha value is -1.35. The molecule has 2 aromatic rings. The number of rotatable bonds is 2. The molecule has 0 saturated heterocycles. The van der Waals surface area contributed by atoms with Gasteiger partial charge in [0.05, 0.1) is 5.69 Å². The van der Waals surface area contributed by atoms with Crippen molar-refractivity contribution in [2.45, 2.75) is 39.7 Å². The van der Waals surface area contributed by atoms with E-state index in [1.807, 2.05) is 0 Å². The first-order valence-electron chi connectivity index (χ1n) is 6.44. The third-order valence-corrected chi connectivity index (χ3v) is 4.58. The Kier molecular flexibility index (Phi) is 2.86. The van der Waals surface area contributed by atoms with E-state index < -0.39 is 0 Å². The SMILES string of the molecule is Cc1cccc(N=c2scc(C)n2C2CC2)c1C. The average molecular weight is 258 g/mol. The van der Waals surface area contributed by atoms with E-state index in [2.05, 4.69) is 48.9 Å². The minimum absolute atomic E-state index is 0.695. The van der Waals surface area contributed by atoms with Gasteiger partial charge in [-0.1, -0.05) is 12.1 Å². The Morgan fingerprint density at radius 1 is 1.22 bits per heavy atom. The maximum Gasteiger partial charge on any atom is 0.190 e. The molecule has 0 atom stereocenters. The fourth-order valence-electron chi connectivity index (χ4n) is 2.22. The van der Waals surface area contributed by atoms with Crippen LogP contribution in [0.1, 0.15) is 35.7 Å². The minimum Gasteiger partial charge on any atom is -0.318 e. The van der Waals surface area contributed by atoms with Gasteiger partial charge in [-0.15, -0.1) is 11.3 Å². The van der Waals surface area contributed by atoms with Gasteiger partial charge in [0.15, 0.2) is 4.80 Å². The van der Waals surface area contributed by atoms with E-state index in [9.17, 15) is 0 Å². The van der Waals surface area contributed by atoms with Gasteiger partial charge in [0.2, 0.25) is 0 Å². The van der Waals surface area contributed by atoms with Crippen LogP contribution in [0.4, 0.5) is 5.69 Å². The van der Waals surface area contributed by atoms with E-state index in [4.69, 9.17) is 4.99 Å². The van der Waals surface area contributed by atoms with Gasteiger partial charge in [-0.05, 0) is 50.8 Å². The van der Waals surface area contributed by atoms with E-state index in [0.29, 0.717) is 6.04 Å². The highest BCUT2D eigenvalue weighted by atomic mass is 32.1. The van der Waals surface area contributed by atoms with Crippen molar-refractivity contribution in [1.29, 1.82) is 0 Å². The van der Waals surface area contributed by atoms with Gasteiger partial charge in [-0.3, -0.25) is 0 Å². The topological polar surface area (TPSA) is 17.3 Å². The molecular formula is C15H18N2S. The van der Waals surface area contributed by atoms with E-state index in [1.54, 1.807) is 11.3 Å². The molecule has 2 nitrogen and oxygen atoms in total. The molecule has 1 aromatic heterocycles. The second-order valence-electron chi connectivity index (χ2n) is 5.09. The molecule has 0 radical (unpaired) electrons. The predicted octanol–water partition coefficient (Wildman–Crippen LogP) is 4.04. The highest BCUT2D eigenvalue weighted by molar-refractivity contribution is 7.07. The summed E-state index contributed by atoms with van der Waals surface area (Å²) >= 11 is 1.75. The highest BCUT2D eigenvalue weighted by Crippen LogP contribution is 2.35. The van der Waals surface area contributed by atoms with Crippen LogP contribution in [0, 0.1) is 20.8 Å². The van der Waals surface area contributed by atoms with Crippen LogP contribution in [0.25, 0.3) is 0 Å². The van der Waals surface area contributed by atoms with Crippen LogP contribution in [-0.4, -0.2) is 4.57 Å². The van der Waals surface area contributed by atoms with E-state index in [1.165, 1.54) is 29.7 Å². The first-order chi connectivity index (χ1) is 8.66. The van der Waals surface area contributed by atoms with Crippen molar-refractivity contribution in [1.82, 2.24) is 4.57 Å². The third kappa shape index (κ3) is 2.03. The second-order valence-corrected chi connectivity index (χ2v) is 5.93. The largest absolute Gasteiger partial charge is 0.318 e. The number of aryl methyl sites for hydroxylation is 2. The molecule has 1 fully saturated rings. The molecule has 1 aromatic carbocycles. The van der Waals surface area contributed by atoms with E-state index in [0.717, 1.165) is 10.5 Å². The molecule has 18 heavy (non-hydrogen) atoms. The highest BCUT2D eigenvalue weighted by Gasteiger charge is 2.25. The molecule has 0 unspecified atom stereocenters. The minimum atomic E-state index is 0.695. The Bertz CT molecular complexity index is 645. The molecule has 3 rings (SSSR count). The Morgan fingerprint density at radius 2 is 2.00 bits per heavy atom. The zero-order chi connectivity index (χ0) is 12.7. The maximum absolute atomic E-state index is 4.86. The molecule has 3 heteroatoms. The fraction of sp³-hybridized carbons (Fsp3) is 0.400. The standard InChI is InChI=1S/C15H18N2S/c1-10-5-4-6-14(12(10)3)16-15-17(13-7-8-13)11(2)9-18-15/h4-6,9,13H,7-8H2,1-3H3. The summed E-state index contributed by atoms with van der Waals surface area (Å²) in [6, 6.07) is 7.03. The number of nitrogens with zero attached hydrogens (tertiary/aromatic N) is 2. The zero-order valence-electron chi connectivity index (χ0n) is 11.1. The van der Waals surface area contributed by atoms with Crippen molar-refractivity contribution in [2.75, 3.05) is 0 Å². The number of hydrogen-bond donors (Lipinski definition) is 0. The molecule has 94 valence electrons. The van der Waals surface area contributed by atoms with Crippen LogP contribution >= 0.6 is 11.3 Å². The maximum atomic E-state index is 4.86. The third-order valence-electron chi connectivity index (χ3n) is 3.63. The van der Waals surface area contributed by atoms with Gasteiger partial charge < -0.3 is 4.57 Å². The molecule has 1 aliphatic carbocycles. The van der Waals surface area contributed by atoms with Crippen LogP contribution in [0.5, 0.6) is 0 Å². The Balaban J connectivity index is 2.14. The van der Waals surface area contributed by atoms with Gasteiger partial charge in [0.25, 0.3) is 0 Å². The van der Waals surface area contributed by atoms with Crippen molar-refractivity contribution >= 4 is 17.0 Å². The summed E-state index contributed by atoms with van der Waals surface area (Å²) in [4.78, 5) is 6.01. The average Bonchev–Trinajstić information content (AvgIpc) is 3.11. The number of hydrogen-bond acceptors (Lipinski definition) is 2. The van der Waals surface area contributed by atoms with Crippen molar-refractivity contribution in [3.05, 3.63) is 45.2 Å². The van der Waals surface area contributed by atoms with Crippen LogP contribution in [0.2, 0.25) is 0 Å². The number of thiazole rings is 1. The first kappa shape index (κ1) is 11.7. The van der Waals surface area contributed by atoms with E-state index >= 15 is 0 Å². The smallest absolute Gasteiger partial charge is 0.190 e. The van der Waals surface area contributed by atoms with Crippen LogP contribution in [0.3, 0.4) is 0 Å². The first-order valence-corrected chi connectivity index (χ1v) is 7.32. The molecule has 0 N–H and O–H groups in total. The Labute approximate surface area is 112 Å². The summed E-state index contributed by atoms with van der Waals surface area (Å²) in [5.41, 5.74) is 5.03. The normalized spacial score (nSPS) is 16.3. The van der Waals surface area contributed by atoms with Gasteiger partial charge in [-0.25, -0.2) is 4.99 Å². The van der Waals surface area contributed by atoms with Crippen molar-refractivity contribution in [3.63, 3.8) is 0 Å². The lowest BCUT2D eigenvalue weighted by Gasteiger charge is -2.05. The summed E-state index contributed by atoms with van der Waals surface area (Å²) in [7, 11) is 0. The van der Waals surface area contributed by atoms with Gasteiger partial charge in [-0.2, -0.15) is 0 Å². The molecule has 0 bridgehead atoms. The van der Waals surface area contributed by atoms with Crippen molar-refractivity contribution < 1.29 is 0 Å². The lowest BCUT2D eigenvalue weighted by atomic mass is 10.1. The predicted molar refractivity (Wildman–Crippen MR) is 76.5 cm³/mol. The lowest BCUT2D eigenvalue weighted by Crippen LogP contribution is -2.14. The van der Waals surface area contributed by atoms with Crippen molar-refractivity contribution in [2.24, 2.45) is 4.99 Å². The zero-order valence-corrected chi connectivity index (χ0v) is 11.9. The molecule has 1 saturated carbocycles. The molecule has 1 heterocycles. The van der Waals surface area contributed by atoms with Crippen LogP contribution in [0.15, 0.2) is 28.6 Å². The molecule has 0 spiro atoms. The monoisotopic (exact) mass is 258 g/mol. The fourth-order valence-corrected chi connectivity index (χ4v) is 3.17. The lowest BCUT2D eigenvalue weighted by molar-refractivity contribution is 0.693. The second kappa shape index (κ2) is 4.39. The molecule has 1 aliphatic rings. The van der Waals surface area contributed by atoms with Crippen LogP contribution in [-0.2, 0) is 0 Å². The van der Waals surface area contributed by atoms with Gasteiger partial charge >= 0.3 is 0 Å². The molecular weight excluding hydrogens is 240 g/mol. The summed E-state index contributed by atoms with van der Waals surface area (Å²) in [6.07, 6.45) is 2.61. The summed E-state index contributed by atoms with van der Waals surface area (Å²) < 4.78 is 2.40. The number of benzene rings is 1. The van der Waals surface area contributed by atoms with E-state index in [-0.39, 0.29) is 0 Å². The van der Waals surface area contributed by atoms with Gasteiger partial charge in [0.1, 0.15) is 0 Å². The quantitative estimate of drug-likeness (QED) is 0.773. The van der Waals surface area contributed by atoms with Gasteiger partial charge in [0, 0.05) is 17.1 Å². The summed E-state index contributed by atoms with van der Waals surface area (Å²) in [5.74, 6) is 0. The number of aromatic nitrogens is 1. The van der Waals surface area contributed by atoms with Crippen LogP contribution < -0.4 is 4.80 Å². The van der Waals surface area contributed by atoms with Crippen molar-refractivity contribution in [3.8, 4) is 0 Å².